The first-order chi connectivity index (χ1) is 6.22. The van der Waals surface area contributed by atoms with E-state index in [-0.39, 0.29) is 0 Å². The molecule has 1 aromatic heterocycles. The number of aromatic nitrogens is 1. The first-order valence-electron chi connectivity index (χ1n) is 3.89. The van der Waals surface area contributed by atoms with Gasteiger partial charge in [-0.25, -0.2) is 0 Å². The molecule has 0 aliphatic carbocycles. The van der Waals surface area contributed by atoms with Gasteiger partial charge in [-0.05, 0) is 12.1 Å². The summed E-state index contributed by atoms with van der Waals surface area (Å²) in [6.07, 6.45) is 0. The fourth-order valence-corrected chi connectivity index (χ4v) is 1.26. The van der Waals surface area contributed by atoms with Crippen molar-refractivity contribution >= 4 is 11.0 Å². The summed E-state index contributed by atoms with van der Waals surface area (Å²) in [6.45, 7) is 1.71. The molecule has 0 unspecified atom stereocenters. The number of aryl methyl sites for hydroxylation is 1. The molecular formula is C9H9NO3. The minimum atomic E-state index is 0.504. The summed E-state index contributed by atoms with van der Waals surface area (Å²) in [7, 11) is 1.57. The number of fused-ring (bicyclic) bond motifs is 1. The maximum atomic E-state index is 11.0. The zero-order valence-electron chi connectivity index (χ0n) is 7.40. The van der Waals surface area contributed by atoms with Crippen molar-refractivity contribution in [3.05, 3.63) is 29.1 Å². The van der Waals surface area contributed by atoms with Crippen molar-refractivity contribution in [3.8, 4) is 5.75 Å². The van der Waals surface area contributed by atoms with Crippen molar-refractivity contribution in [3.63, 3.8) is 0 Å². The summed E-state index contributed by atoms with van der Waals surface area (Å²) >= 11 is 0. The number of nitrogens with zero attached hydrogens (tertiary/aromatic N) is 1. The molecule has 0 aliphatic rings. The second-order valence-electron chi connectivity index (χ2n) is 2.80. The Labute approximate surface area is 74.9 Å². The van der Waals surface area contributed by atoms with E-state index >= 15 is 0 Å². The maximum Gasteiger partial charge on any atom is 0.250 e. The lowest BCUT2D eigenvalue weighted by atomic mass is 10.2. The van der Waals surface area contributed by atoms with Crippen molar-refractivity contribution < 1.29 is 14.2 Å². The summed E-state index contributed by atoms with van der Waals surface area (Å²) in [5.41, 5.74) is 1.12. The standard InChI is InChI=1S/C9H9NO3/c1-6-8-4-3-7(12-2)5-9(8)13-10(6)11/h3-5H,1-2H3. The number of rotatable bonds is 1. The monoisotopic (exact) mass is 179 g/mol. The third-order valence-electron chi connectivity index (χ3n) is 2.03. The number of hydrogen-bond donors (Lipinski definition) is 0. The summed E-state index contributed by atoms with van der Waals surface area (Å²) in [5.74, 6) is 0.682. The Bertz CT molecular complexity index is 447. The van der Waals surface area contributed by atoms with Gasteiger partial charge in [-0.15, -0.1) is 0 Å². The van der Waals surface area contributed by atoms with Gasteiger partial charge in [0, 0.05) is 17.9 Å². The predicted molar refractivity (Wildman–Crippen MR) is 46.5 cm³/mol. The quantitative estimate of drug-likeness (QED) is 0.621. The van der Waals surface area contributed by atoms with Crippen LogP contribution in [0, 0.1) is 12.1 Å². The average molecular weight is 179 g/mol. The van der Waals surface area contributed by atoms with Gasteiger partial charge in [0.25, 0.3) is 5.69 Å². The van der Waals surface area contributed by atoms with Gasteiger partial charge in [0.1, 0.15) is 5.75 Å². The molecule has 0 saturated heterocycles. The van der Waals surface area contributed by atoms with Gasteiger partial charge in [0.05, 0.1) is 18.1 Å². The lowest BCUT2D eigenvalue weighted by Gasteiger charge is -1.96. The van der Waals surface area contributed by atoms with E-state index in [1.54, 1.807) is 32.2 Å². The van der Waals surface area contributed by atoms with E-state index in [1.165, 1.54) is 0 Å². The van der Waals surface area contributed by atoms with Crippen molar-refractivity contribution in [1.82, 2.24) is 0 Å². The van der Waals surface area contributed by atoms with Crippen LogP contribution < -0.4 is 9.64 Å². The van der Waals surface area contributed by atoms with E-state index in [2.05, 4.69) is 0 Å². The number of hydrogen-bond acceptors (Lipinski definition) is 3. The highest BCUT2D eigenvalue weighted by Crippen LogP contribution is 2.21. The average Bonchev–Trinajstić information content (AvgIpc) is 2.42. The molecule has 0 atom stereocenters. The molecule has 0 spiro atoms. The van der Waals surface area contributed by atoms with Crippen molar-refractivity contribution in [2.24, 2.45) is 0 Å². The van der Waals surface area contributed by atoms with Crippen LogP contribution in [0.5, 0.6) is 5.75 Å². The lowest BCUT2D eigenvalue weighted by Crippen LogP contribution is -2.25. The molecule has 0 aliphatic heterocycles. The molecule has 13 heavy (non-hydrogen) atoms. The van der Waals surface area contributed by atoms with Crippen molar-refractivity contribution in [2.45, 2.75) is 6.92 Å². The minimum Gasteiger partial charge on any atom is -0.497 e. The molecule has 2 rings (SSSR count). The predicted octanol–water partition coefficient (Wildman–Crippen LogP) is 1.38. The highest BCUT2D eigenvalue weighted by Gasteiger charge is 2.10. The van der Waals surface area contributed by atoms with E-state index in [4.69, 9.17) is 9.26 Å². The van der Waals surface area contributed by atoms with Gasteiger partial charge in [0.15, 0.2) is 0 Å². The Balaban J connectivity index is 2.73. The summed E-state index contributed by atoms with van der Waals surface area (Å²) < 4.78 is 9.92. The number of methoxy groups -OCH3 is 1. The fraction of sp³-hybridized carbons (Fsp3) is 0.222. The molecule has 0 bridgehead atoms. The van der Waals surface area contributed by atoms with Crippen LogP contribution >= 0.6 is 0 Å². The first-order valence-corrected chi connectivity index (χ1v) is 3.89. The molecular weight excluding hydrogens is 170 g/mol. The van der Waals surface area contributed by atoms with E-state index in [0.29, 0.717) is 21.9 Å². The zero-order chi connectivity index (χ0) is 9.42. The van der Waals surface area contributed by atoms with Crippen molar-refractivity contribution in [1.29, 1.82) is 0 Å². The van der Waals surface area contributed by atoms with Crippen LogP contribution in [0.4, 0.5) is 0 Å². The second kappa shape index (κ2) is 2.65. The molecule has 0 N–H and O–H groups in total. The van der Waals surface area contributed by atoms with E-state index < -0.39 is 0 Å². The van der Waals surface area contributed by atoms with Gasteiger partial charge in [-0.3, -0.25) is 5.21 Å². The molecule has 0 amide bonds. The molecule has 2 aromatic rings. The summed E-state index contributed by atoms with van der Waals surface area (Å²) in [5, 5.41) is 11.9. The normalized spacial score (nSPS) is 10.6. The van der Waals surface area contributed by atoms with Crippen LogP contribution in [0.15, 0.2) is 22.7 Å². The third kappa shape index (κ3) is 1.11. The molecule has 1 heterocycles. The Morgan fingerprint density at radius 2 is 2.23 bits per heavy atom. The molecule has 0 fully saturated rings. The highest BCUT2D eigenvalue weighted by molar-refractivity contribution is 5.79. The molecule has 1 aromatic carbocycles. The Morgan fingerprint density at radius 1 is 1.46 bits per heavy atom. The van der Waals surface area contributed by atoms with Crippen LogP contribution in [0.1, 0.15) is 5.69 Å². The largest absolute Gasteiger partial charge is 0.497 e. The van der Waals surface area contributed by atoms with E-state index in [1.807, 2.05) is 0 Å². The topological polar surface area (TPSA) is 49.3 Å². The third-order valence-corrected chi connectivity index (χ3v) is 2.03. The van der Waals surface area contributed by atoms with Gasteiger partial charge in [-0.2, -0.15) is 0 Å². The van der Waals surface area contributed by atoms with E-state index in [0.717, 1.165) is 5.39 Å². The van der Waals surface area contributed by atoms with Crippen LogP contribution in [0.3, 0.4) is 0 Å². The minimum absolute atomic E-state index is 0.504. The van der Waals surface area contributed by atoms with Gasteiger partial charge in [0.2, 0.25) is 0 Å². The Kier molecular flexibility index (Phi) is 1.62. The van der Waals surface area contributed by atoms with Gasteiger partial charge in [-0.1, -0.05) is 0 Å². The Hall–Kier alpha value is -1.71. The smallest absolute Gasteiger partial charge is 0.250 e. The first kappa shape index (κ1) is 7.91. The van der Waals surface area contributed by atoms with Gasteiger partial charge < -0.3 is 9.26 Å². The van der Waals surface area contributed by atoms with Crippen LogP contribution in [0.25, 0.3) is 11.0 Å². The molecule has 68 valence electrons. The van der Waals surface area contributed by atoms with Crippen LogP contribution in [0.2, 0.25) is 0 Å². The molecule has 4 heteroatoms. The molecule has 4 nitrogen and oxygen atoms in total. The van der Waals surface area contributed by atoms with E-state index in [9.17, 15) is 5.21 Å². The Morgan fingerprint density at radius 3 is 2.92 bits per heavy atom. The number of benzene rings is 1. The number of ether oxygens (including phenoxy) is 1. The second-order valence-corrected chi connectivity index (χ2v) is 2.80. The lowest BCUT2D eigenvalue weighted by molar-refractivity contribution is -0.792. The highest BCUT2D eigenvalue weighted by atomic mass is 16.7. The molecule has 0 radical (unpaired) electrons. The van der Waals surface area contributed by atoms with Crippen molar-refractivity contribution in [2.75, 3.05) is 7.11 Å². The SMILES string of the molecule is COc1ccc2c(C)[n+]([O-])oc2c1. The maximum absolute atomic E-state index is 11.0. The molecule has 0 saturated carbocycles. The zero-order valence-corrected chi connectivity index (χ0v) is 7.40. The summed E-state index contributed by atoms with van der Waals surface area (Å²) in [4.78, 5) is 0.504. The van der Waals surface area contributed by atoms with Crippen LogP contribution in [-0.4, -0.2) is 7.11 Å². The fourth-order valence-electron chi connectivity index (χ4n) is 1.26. The van der Waals surface area contributed by atoms with Crippen LogP contribution in [-0.2, 0) is 0 Å². The van der Waals surface area contributed by atoms with Gasteiger partial charge >= 0.3 is 0 Å². The summed E-state index contributed by atoms with van der Waals surface area (Å²) in [6, 6.07) is 5.29.